The van der Waals surface area contributed by atoms with Crippen LogP contribution in [0.15, 0.2) is 24.4 Å². The molecule has 0 aromatic carbocycles. The number of likely N-dealkylation sites (N-methyl/N-ethyl adjacent to an activating group) is 1. The van der Waals surface area contributed by atoms with Crippen molar-refractivity contribution in [3.63, 3.8) is 0 Å². The van der Waals surface area contributed by atoms with Crippen molar-refractivity contribution in [3.05, 3.63) is 30.1 Å². The third kappa shape index (κ3) is 6.30. The van der Waals surface area contributed by atoms with Crippen LogP contribution in [0.1, 0.15) is 18.5 Å². The molecule has 1 aromatic rings. The van der Waals surface area contributed by atoms with Crippen LogP contribution in [0.25, 0.3) is 0 Å². The first-order valence-electron chi connectivity index (χ1n) is 6.83. The van der Waals surface area contributed by atoms with Crippen LogP contribution in [0, 0.1) is 11.3 Å². The van der Waals surface area contributed by atoms with Gasteiger partial charge in [-0.3, -0.25) is 9.78 Å². The molecule has 0 radical (unpaired) electrons. The zero-order valence-corrected chi connectivity index (χ0v) is 12.2. The number of nitrogens with zero attached hydrogens (tertiary/aromatic N) is 4. The predicted octanol–water partition coefficient (Wildman–Crippen LogP) is 1.32. The summed E-state index contributed by atoms with van der Waals surface area (Å²) < 4.78 is 0. The van der Waals surface area contributed by atoms with E-state index in [4.69, 9.17) is 5.26 Å². The van der Waals surface area contributed by atoms with E-state index >= 15 is 0 Å². The second-order valence-corrected chi connectivity index (χ2v) is 4.85. The number of hydrogen-bond donors (Lipinski definition) is 0. The molecule has 0 unspecified atom stereocenters. The van der Waals surface area contributed by atoms with Gasteiger partial charge >= 0.3 is 0 Å². The summed E-state index contributed by atoms with van der Waals surface area (Å²) >= 11 is 0. The maximum Gasteiger partial charge on any atom is 0.223 e. The molecule has 0 aliphatic carbocycles. The summed E-state index contributed by atoms with van der Waals surface area (Å²) in [7, 11) is 3.75. The van der Waals surface area contributed by atoms with Crippen LogP contribution < -0.4 is 0 Å². The van der Waals surface area contributed by atoms with Gasteiger partial charge in [-0.15, -0.1) is 0 Å². The summed E-state index contributed by atoms with van der Waals surface area (Å²) in [6.45, 7) is 2.11. The van der Waals surface area contributed by atoms with Crippen LogP contribution in [0.2, 0.25) is 0 Å². The Morgan fingerprint density at radius 1 is 1.30 bits per heavy atom. The molecule has 1 heterocycles. The Labute approximate surface area is 120 Å². The number of hydrogen-bond acceptors (Lipinski definition) is 4. The molecule has 0 fully saturated rings. The number of aromatic nitrogens is 1. The van der Waals surface area contributed by atoms with Crippen LogP contribution in [-0.2, 0) is 11.2 Å². The molecule has 20 heavy (non-hydrogen) atoms. The number of carbonyl (C=O) groups excluding carboxylic acids is 1. The van der Waals surface area contributed by atoms with Gasteiger partial charge in [0.05, 0.1) is 12.5 Å². The minimum atomic E-state index is 0.0879. The van der Waals surface area contributed by atoms with E-state index in [0.717, 1.165) is 25.2 Å². The quantitative estimate of drug-likeness (QED) is 0.717. The van der Waals surface area contributed by atoms with Crippen LogP contribution >= 0.6 is 0 Å². The van der Waals surface area contributed by atoms with Crippen molar-refractivity contribution in [2.75, 3.05) is 33.7 Å². The normalized spacial score (nSPS) is 10.3. The van der Waals surface area contributed by atoms with E-state index in [-0.39, 0.29) is 5.91 Å². The van der Waals surface area contributed by atoms with Gasteiger partial charge < -0.3 is 9.80 Å². The Balaban J connectivity index is 2.21. The Kier molecular flexibility index (Phi) is 7.30. The highest BCUT2D eigenvalue weighted by Gasteiger charge is 2.09. The molecule has 0 aliphatic heterocycles. The van der Waals surface area contributed by atoms with Gasteiger partial charge in [0.2, 0.25) is 5.91 Å². The molecule has 1 amide bonds. The van der Waals surface area contributed by atoms with E-state index in [9.17, 15) is 4.79 Å². The van der Waals surface area contributed by atoms with Gasteiger partial charge in [0.25, 0.3) is 0 Å². The molecule has 0 spiro atoms. The van der Waals surface area contributed by atoms with Crippen molar-refractivity contribution in [2.24, 2.45) is 0 Å². The second kappa shape index (κ2) is 9.05. The van der Waals surface area contributed by atoms with Gasteiger partial charge in [0.1, 0.15) is 0 Å². The number of nitriles is 1. The fourth-order valence-electron chi connectivity index (χ4n) is 1.78. The summed E-state index contributed by atoms with van der Waals surface area (Å²) in [5, 5.41) is 8.49. The van der Waals surface area contributed by atoms with Crippen LogP contribution in [0.5, 0.6) is 0 Å². The molecule has 1 aromatic heterocycles. The van der Waals surface area contributed by atoms with Gasteiger partial charge in [0, 0.05) is 51.4 Å². The SMILES string of the molecule is CN(CCC(=O)N(C)CCC#N)CCc1ccccn1. The lowest BCUT2D eigenvalue weighted by molar-refractivity contribution is -0.130. The second-order valence-electron chi connectivity index (χ2n) is 4.85. The monoisotopic (exact) mass is 274 g/mol. The molecule has 1 rings (SSSR count). The lowest BCUT2D eigenvalue weighted by atomic mass is 10.2. The highest BCUT2D eigenvalue weighted by Crippen LogP contribution is 1.99. The highest BCUT2D eigenvalue weighted by molar-refractivity contribution is 5.76. The largest absolute Gasteiger partial charge is 0.345 e. The predicted molar refractivity (Wildman–Crippen MR) is 77.9 cm³/mol. The highest BCUT2D eigenvalue weighted by atomic mass is 16.2. The first-order valence-corrected chi connectivity index (χ1v) is 6.83. The van der Waals surface area contributed by atoms with Crippen molar-refractivity contribution < 1.29 is 4.79 Å². The average Bonchev–Trinajstić information content (AvgIpc) is 2.49. The smallest absolute Gasteiger partial charge is 0.223 e. The van der Waals surface area contributed by atoms with Crippen LogP contribution in [0.4, 0.5) is 0 Å². The average molecular weight is 274 g/mol. The Morgan fingerprint density at radius 3 is 2.75 bits per heavy atom. The minimum absolute atomic E-state index is 0.0879. The Morgan fingerprint density at radius 2 is 2.10 bits per heavy atom. The lowest BCUT2D eigenvalue weighted by Gasteiger charge is -2.19. The standard InChI is InChI=1S/C15H22N4O/c1-18(12-7-14-6-3-4-10-17-14)13-8-15(20)19(2)11-5-9-16/h3-4,6,10H,5,7-8,11-13H2,1-2H3. The van der Waals surface area contributed by atoms with Crippen molar-refractivity contribution >= 4 is 5.91 Å². The van der Waals surface area contributed by atoms with Crippen molar-refractivity contribution in [3.8, 4) is 6.07 Å². The molecular formula is C15H22N4O. The Bertz CT molecular complexity index is 441. The fraction of sp³-hybridized carbons (Fsp3) is 0.533. The van der Waals surface area contributed by atoms with Gasteiger partial charge in [-0.2, -0.15) is 5.26 Å². The van der Waals surface area contributed by atoms with Crippen molar-refractivity contribution in [1.29, 1.82) is 5.26 Å². The van der Waals surface area contributed by atoms with Crippen LogP contribution in [-0.4, -0.2) is 54.4 Å². The van der Waals surface area contributed by atoms with E-state index in [0.29, 0.717) is 19.4 Å². The number of rotatable bonds is 8. The van der Waals surface area contributed by atoms with E-state index in [1.54, 1.807) is 18.1 Å². The van der Waals surface area contributed by atoms with E-state index in [2.05, 4.69) is 9.88 Å². The van der Waals surface area contributed by atoms with Gasteiger partial charge in [0.15, 0.2) is 0 Å². The lowest BCUT2D eigenvalue weighted by Crippen LogP contribution is -2.32. The molecule has 0 atom stereocenters. The van der Waals surface area contributed by atoms with E-state index in [1.807, 2.05) is 31.3 Å². The Hall–Kier alpha value is -1.93. The number of pyridine rings is 1. The number of amides is 1. The third-order valence-electron chi connectivity index (χ3n) is 3.17. The summed E-state index contributed by atoms with van der Waals surface area (Å²) in [4.78, 5) is 19.8. The maximum absolute atomic E-state index is 11.8. The van der Waals surface area contributed by atoms with Gasteiger partial charge in [-0.25, -0.2) is 0 Å². The molecule has 5 nitrogen and oxygen atoms in total. The maximum atomic E-state index is 11.8. The van der Waals surface area contributed by atoms with Crippen molar-refractivity contribution in [2.45, 2.75) is 19.3 Å². The van der Waals surface area contributed by atoms with Gasteiger partial charge in [-0.05, 0) is 19.2 Å². The molecule has 0 saturated carbocycles. The van der Waals surface area contributed by atoms with Gasteiger partial charge in [-0.1, -0.05) is 6.07 Å². The zero-order chi connectivity index (χ0) is 14.8. The van der Waals surface area contributed by atoms with E-state index < -0.39 is 0 Å². The molecule has 5 heteroatoms. The third-order valence-corrected chi connectivity index (χ3v) is 3.17. The molecular weight excluding hydrogens is 252 g/mol. The zero-order valence-electron chi connectivity index (χ0n) is 12.2. The minimum Gasteiger partial charge on any atom is -0.345 e. The van der Waals surface area contributed by atoms with Crippen molar-refractivity contribution in [1.82, 2.24) is 14.8 Å². The molecule has 0 saturated heterocycles. The first-order chi connectivity index (χ1) is 9.63. The van der Waals surface area contributed by atoms with Crippen LogP contribution in [0.3, 0.4) is 0 Å². The molecule has 0 bridgehead atoms. The molecule has 0 N–H and O–H groups in total. The number of carbonyl (C=O) groups is 1. The first kappa shape index (κ1) is 16.1. The summed E-state index contributed by atoms with van der Waals surface area (Å²) in [6, 6.07) is 7.94. The summed E-state index contributed by atoms with van der Waals surface area (Å²) in [5.74, 6) is 0.0879. The molecule has 108 valence electrons. The summed E-state index contributed by atoms with van der Waals surface area (Å²) in [6.07, 6.45) is 3.55. The summed E-state index contributed by atoms with van der Waals surface area (Å²) in [5.41, 5.74) is 1.07. The van der Waals surface area contributed by atoms with E-state index in [1.165, 1.54) is 0 Å². The topological polar surface area (TPSA) is 60.2 Å². The fourth-order valence-corrected chi connectivity index (χ4v) is 1.78. The molecule has 0 aliphatic rings.